The van der Waals surface area contributed by atoms with Gasteiger partial charge in [-0.1, -0.05) is 50.2 Å². The summed E-state index contributed by atoms with van der Waals surface area (Å²) in [6, 6.07) is 14.8. The third-order valence-electron chi connectivity index (χ3n) is 6.97. The van der Waals surface area contributed by atoms with Crippen molar-refractivity contribution in [2.75, 3.05) is 13.1 Å². The van der Waals surface area contributed by atoms with E-state index in [1.807, 2.05) is 54.7 Å². The molecule has 7 nitrogen and oxygen atoms in total. The van der Waals surface area contributed by atoms with E-state index in [9.17, 15) is 14.4 Å². The lowest BCUT2D eigenvalue weighted by Gasteiger charge is -2.29. The molecule has 7 heteroatoms. The summed E-state index contributed by atoms with van der Waals surface area (Å²) in [7, 11) is 0. The quantitative estimate of drug-likeness (QED) is 0.495. The van der Waals surface area contributed by atoms with Crippen molar-refractivity contribution >= 4 is 17.6 Å². The fourth-order valence-electron chi connectivity index (χ4n) is 5.24. The molecule has 2 aromatic heterocycles. The molecule has 1 fully saturated rings. The molecule has 2 atom stereocenters. The summed E-state index contributed by atoms with van der Waals surface area (Å²) in [5.74, 6) is -0.472. The molecule has 0 radical (unpaired) electrons. The van der Waals surface area contributed by atoms with Crippen LogP contribution in [0.4, 0.5) is 0 Å². The molecule has 2 aliphatic heterocycles. The molecular formula is C30H30N4O3. The zero-order valence-electron chi connectivity index (χ0n) is 21.1. The summed E-state index contributed by atoms with van der Waals surface area (Å²) in [5.41, 5.74) is 4.32. The number of pyridine rings is 2. The maximum absolute atomic E-state index is 14.0. The maximum Gasteiger partial charge on any atom is 0.231 e. The van der Waals surface area contributed by atoms with Gasteiger partial charge in [0, 0.05) is 37.0 Å². The second kappa shape index (κ2) is 10.5. The van der Waals surface area contributed by atoms with Crippen molar-refractivity contribution in [2.45, 2.75) is 38.6 Å². The number of nitrogens with zero attached hydrogens (tertiary/aromatic N) is 4. The summed E-state index contributed by atoms with van der Waals surface area (Å²) < 4.78 is 0. The minimum absolute atomic E-state index is 0.00921. The Morgan fingerprint density at radius 1 is 1.00 bits per heavy atom. The minimum atomic E-state index is -0.707. The molecule has 188 valence electrons. The van der Waals surface area contributed by atoms with E-state index in [1.54, 1.807) is 29.6 Å². The number of carbonyl (C=O) groups excluding carboxylic acids is 3. The Bertz CT molecular complexity index is 1340. The van der Waals surface area contributed by atoms with Gasteiger partial charge in [-0.3, -0.25) is 24.4 Å². The second-order valence-electron chi connectivity index (χ2n) is 10.1. The van der Waals surface area contributed by atoms with E-state index in [0.29, 0.717) is 18.7 Å². The summed E-state index contributed by atoms with van der Waals surface area (Å²) in [5, 5.41) is 0. The third kappa shape index (κ3) is 5.07. The van der Waals surface area contributed by atoms with Crippen LogP contribution < -0.4 is 0 Å². The van der Waals surface area contributed by atoms with Crippen LogP contribution in [0.1, 0.15) is 37.3 Å². The highest BCUT2D eigenvalue weighted by Crippen LogP contribution is 2.35. The van der Waals surface area contributed by atoms with Gasteiger partial charge in [-0.25, -0.2) is 0 Å². The number of rotatable bonds is 7. The maximum atomic E-state index is 14.0. The van der Waals surface area contributed by atoms with Crippen LogP contribution >= 0.6 is 0 Å². The molecule has 0 bridgehead atoms. The Balaban J connectivity index is 1.38. The lowest BCUT2D eigenvalue weighted by molar-refractivity contribution is -0.137. The first-order valence-corrected chi connectivity index (χ1v) is 12.6. The van der Waals surface area contributed by atoms with E-state index in [2.05, 4.69) is 23.8 Å². The molecule has 2 unspecified atom stereocenters. The van der Waals surface area contributed by atoms with Crippen LogP contribution in [0.5, 0.6) is 0 Å². The fraction of sp³-hybridized carbons (Fsp3) is 0.300. The van der Waals surface area contributed by atoms with Gasteiger partial charge in [0.1, 0.15) is 6.04 Å². The Hall–Kier alpha value is -4.13. The molecule has 1 aromatic carbocycles. The molecule has 0 aliphatic carbocycles. The van der Waals surface area contributed by atoms with Crippen LogP contribution in [-0.2, 0) is 20.8 Å². The molecule has 0 spiro atoms. The summed E-state index contributed by atoms with van der Waals surface area (Å²) in [6.07, 6.45) is 9.53. The van der Waals surface area contributed by atoms with Crippen LogP contribution in [0.15, 0.2) is 85.1 Å². The first-order chi connectivity index (χ1) is 17.9. The van der Waals surface area contributed by atoms with Gasteiger partial charge in [0.2, 0.25) is 11.8 Å². The number of hydrogen-bond acceptors (Lipinski definition) is 5. The molecule has 2 aliphatic rings. The predicted molar refractivity (Wildman–Crippen MR) is 140 cm³/mol. The van der Waals surface area contributed by atoms with E-state index in [0.717, 1.165) is 22.3 Å². The number of hydrogen-bond donors (Lipinski definition) is 0. The Labute approximate surface area is 216 Å². The van der Waals surface area contributed by atoms with E-state index < -0.39 is 12.0 Å². The number of Topliss-reactive ketones (excluding diaryl/α,β-unsaturated/α-hetero) is 1. The first-order valence-electron chi connectivity index (χ1n) is 12.6. The van der Waals surface area contributed by atoms with E-state index >= 15 is 0 Å². The van der Waals surface area contributed by atoms with Crippen LogP contribution in [-0.4, -0.2) is 56.5 Å². The van der Waals surface area contributed by atoms with E-state index in [4.69, 9.17) is 0 Å². The number of aromatic nitrogens is 2. The average molecular weight is 495 g/mol. The van der Waals surface area contributed by atoms with Crippen molar-refractivity contribution in [2.24, 2.45) is 5.92 Å². The highest BCUT2D eigenvalue weighted by Gasteiger charge is 2.47. The number of carbonyl (C=O) groups is 3. The number of likely N-dealkylation sites (tertiary alicyclic amines) is 1. The topological polar surface area (TPSA) is 83.5 Å². The number of ketones is 1. The number of benzene rings is 1. The summed E-state index contributed by atoms with van der Waals surface area (Å²) in [4.78, 5) is 51.6. The van der Waals surface area contributed by atoms with Gasteiger partial charge in [-0.15, -0.1) is 0 Å². The molecule has 5 rings (SSSR count). The van der Waals surface area contributed by atoms with Crippen molar-refractivity contribution in [3.05, 3.63) is 96.2 Å². The van der Waals surface area contributed by atoms with Crippen molar-refractivity contribution in [3.8, 4) is 11.1 Å². The summed E-state index contributed by atoms with van der Waals surface area (Å²) in [6.45, 7) is 4.50. The molecule has 0 N–H and O–H groups in total. The van der Waals surface area contributed by atoms with Crippen molar-refractivity contribution in [3.63, 3.8) is 0 Å². The van der Waals surface area contributed by atoms with E-state index in [1.165, 1.54) is 4.90 Å². The Morgan fingerprint density at radius 3 is 2.46 bits per heavy atom. The van der Waals surface area contributed by atoms with Gasteiger partial charge in [0.15, 0.2) is 5.78 Å². The molecule has 0 saturated carbocycles. The van der Waals surface area contributed by atoms with Crippen molar-refractivity contribution < 1.29 is 14.4 Å². The largest absolute Gasteiger partial charge is 0.323 e. The molecular weight excluding hydrogens is 464 g/mol. The zero-order chi connectivity index (χ0) is 25.9. The summed E-state index contributed by atoms with van der Waals surface area (Å²) >= 11 is 0. The number of amides is 2. The molecule has 3 aromatic rings. The second-order valence-corrected chi connectivity index (χ2v) is 10.1. The monoisotopic (exact) mass is 494 g/mol. The van der Waals surface area contributed by atoms with Crippen molar-refractivity contribution in [1.29, 1.82) is 0 Å². The molecule has 2 amide bonds. The van der Waals surface area contributed by atoms with Gasteiger partial charge in [-0.05, 0) is 52.8 Å². The van der Waals surface area contributed by atoms with Crippen LogP contribution in [0.2, 0.25) is 0 Å². The number of fused-ring (bicyclic) bond motifs is 1. The average Bonchev–Trinajstić information content (AvgIpc) is 3.49. The molecule has 37 heavy (non-hydrogen) atoms. The molecule has 1 saturated heterocycles. The van der Waals surface area contributed by atoms with Gasteiger partial charge in [0.05, 0.1) is 18.9 Å². The standard InChI is InChI=1S/C30H30N4O3/c1-20(2)14-25(23-8-3-7-22(16-23)24-9-5-12-32-18-24)30(37)33-13-10-26-29(33)27(35)19-34(26)28(36)15-21-6-4-11-31-17-21/h3-12,16-18,20,25,29H,13-15,19H2,1-2H3. The van der Waals surface area contributed by atoms with E-state index in [-0.39, 0.29) is 36.5 Å². The smallest absolute Gasteiger partial charge is 0.231 e. The third-order valence-corrected chi connectivity index (χ3v) is 6.97. The highest BCUT2D eigenvalue weighted by molar-refractivity contribution is 6.01. The Kier molecular flexibility index (Phi) is 6.95. The lowest BCUT2D eigenvalue weighted by atomic mass is 9.87. The van der Waals surface area contributed by atoms with Crippen molar-refractivity contribution in [1.82, 2.24) is 19.8 Å². The van der Waals surface area contributed by atoms with Gasteiger partial charge in [-0.2, -0.15) is 0 Å². The Morgan fingerprint density at radius 2 is 1.76 bits per heavy atom. The fourth-order valence-corrected chi connectivity index (χ4v) is 5.24. The predicted octanol–water partition coefficient (Wildman–Crippen LogP) is 4.02. The van der Waals surface area contributed by atoms with Crippen LogP contribution in [0.25, 0.3) is 11.1 Å². The van der Waals surface area contributed by atoms with Gasteiger partial charge >= 0.3 is 0 Å². The lowest BCUT2D eigenvalue weighted by Crippen LogP contribution is -2.43. The zero-order valence-corrected chi connectivity index (χ0v) is 21.1. The highest BCUT2D eigenvalue weighted by atomic mass is 16.2. The van der Waals surface area contributed by atoms with Crippen LogP contribution in [0.3, 0.4) is 0 Å². The minimum Gasteiger partial charge on any atom is -0.323 e. The normalized spacial score (nSPS) is 17.6. The molecule has 4 heterocycles. The first kappa shape index (κ1) is 24.6. The van der Waals surface area contributed by atoms with Gasteiger partial charge in [0.25, 0.3) is 0 Å². The SMILES string of the molecule is CC(C)CC(C(=O)N1CC=C2C1C(=O)CN2C(=O)Cc1cccnc1)c1cccc(-c2cccnc2)c1. The van der Waals surface area contributed by atoms with Gasteiger partial charge < -0.3 is 9.80 Å². The van der Waals surface area contributed by atoms with Crippen LogP contribution in [0, 0.1) is 5.92 Å².